The van der Waals surface area contributed by atoms with E-state index in [0.717, 1.165) is 12.0 Å². The Balaban J connectivity index is 2.05. The Morgan fingerprint density at radius 3 is 2.57 bits per heavy atom. The summed E-state index contributed by atoms with van der Waals surface area (Å²) in [5, 5.41) is 18.6. The van der Waals surface area contributed by atoms with Crippen LogP contribution in [0.5, 0.6) is 0 Å². The van der Waals surface area contributed by atoms with Crippen LogP contribution in [0.25, 0.3) is 6.08 Å². The van der Waals surface area contributed by atoms with Crippen molar-refractivity contribution in [1.82, 2.24) is 4.90 Å². The van der Waals surface area contributed by atoms with Crippen LogP contribution in [0.2, 0.25) is 0 Å². The zero-order chi connectivity index (χ0) is 15.4. The maximum absolute atomic E-state index is 12.1. The molecule has 0 spiro atoms. The predicted octanol–water partition coefficient (Wildman–Crippen LogP) is 1.31. The molecule has 5 heteroatoms. The van der Waals surface area contributed by atoms with Crippen molar-refractivity contribution in [2.45, 2.75) is 31.9 Å². The second-order valence-electron chi connectivity index (χ2n) is 5.16. The number of carbonyl (C=O) groups excluding carboxylic acids is 1. The third kappa shape index (κ3) is 3.70. The van der Waals surface area contributed by atoms with Gasteiger partial charge in [-0.05, 0) is 23.6 Å². The molecule has 2 rings (SSSR count). The summed E-state index contributed by atoms with van der Waals surface area (Å²) in [4.78, 5) is 24.3. The first-order chi connectivity index (χ1) is 10.0. The summed E-state index contributed by atoms with van der Waals surface area (Å²) in [5.41, 5.74) is 2.10. The summed E-state index contributed by atoms with van der Waals surface area (Å²) in [5.74, 6) is -1.47. The quantitative estimate of drug-likeness (QED) is 0.819. The fourth-order valence-corrected chi connectivity index (χ4v) is 2.42. The molecular formula is C16H19NO4. The Kier molecular flexibility index (Phi) is 4.75. The minimum atomic E-state index is -1.08. The molecule has 0 unspecified atom stereocenters. The molecule has 5 nitrogen and oxygen atoms in total. The SMILES string of the molecule is CCc1ccc(C=CC(=O)N2C[C@@H](O)C[C@H]2C(=O)O)cc1. The van der Waals surface area contributed by atoms with Gasteiger partial charge in [0.25, 0.3) is 0 Å². The topological polar surface area (TPSA) is 77.8 Å². The van der Waals surface area contributed by atoms with Crippen LogP contribution >= 0.6 is 0 Å². The Hall–Kier alpha value is -2.14. The number of carboxylic acid groups (broad SMARTS) is 1. The lowest BCUT2D eigenvalue weighted by atomic mass is 10.1. The van der Waals surface area contributed by atoms with Crippen LogP contribution < -0.4 is 0 Å². The first-order valence-corrected chi connectivity index (χ1v) is 6.99. The molecule has 1 heterocycles. The van der Waals surface area contributed by atoms with E-state index in [1.54, 1.807) is 6.08 Å². The lowest BCUT2D eigenvalue weighted by Crippen LogP contribution is -2.39. The van der Waals surface area contributed by atoms with Crippen LogP contribution in [0.4, 0.5) is 0 Å². The van der Waals surface area contributed by atoms with E-state index in [1.807, 2.05) is 24.3 Å². The third-order valence-electron chi connectivity index (χ3n) is 3.65. The highest BCUT2D eigenvalue weighted by molar-refractivity contribution is 5.94. The monoisotopic (exact) mass is 289 g/mol. The molecule has 0 aromatic heterocycles. The summed E-state index contributed by atoms with van der Waals surface area (Å²) in [6.45, 7) is 2.13. The van der Waals surface area contributed by atoms with Gasteiger partial charge < -0.3 is 15.1 Å². The number of aliphatic hydroxyl groups excluding tert-OH is 1. The molecule has 1 aromatic rings. The fourth-order valence-electron chi connectivity index (χ4n) is 2.42. The summed E-state index contributed by atoms with van der Waals surface area (Å²) in [6.07, 6.45) is 3.28. The number of β-amino-alcohol motifs (C(OH)–C–C–N with tert-alkyl or cyclic N) is 1. The van der Waals surface area contributed by atoms with Gasteiger partial charge in [-0.2, -0.15) is 0 Å². The lowest BCUT2D eigenvalue weighted by Gasteiger charge is -2.19. The van der Waals surface area contributed by atoms with E-state index in [4.69, 9.17) is 5.11 Å². The molecule has 112 valence electrons. The van der Waals surface area contributed by atoms with Crippen LogP contribution in [0, 0.1) is 0 Å². The van der Waals surface area contributed by atoms with E-state index in [1.165, 1.54) is 16.5 Å². The second-order valence-corrected chi connectivity index (χ2v) is 5.16. The molecular weight excluding hydrogens is 270 g/mol. The maximum Gasteiger partial charge on any atom is 0.326 e. The molecule has 1 aliphatic rings. The number of amides is 1. The Morgan fingerprint density at radius 2 is 2.00 bits per heavy atom. The zero-order valence-corrected chi connectivity index (χ0v) is 11.9. The highest BCUT2D eigenvalue weighted by Gasteiger charge is 2.37. The van der Waals surface area contributed by atoms with E-state index < -0.39 is 24.0 Å². The average Bonchev–Trinajstić information content (AvgIpc) is 2.87. The van der Waals surface area contributed by atoms with Gasteiger partial charge in [-0.1, -0.05) is 31.2 Å². The van der Waals surface area contributed by atoms with E-state index >= 15 is 0 Å². The highest BCUT2D eigenvalue weighted by Crippen LogP contribution is 2.19. The van der Waals surface area contributed by atoms with E-state index in [2.05, 4.69) is 6.92 Å². The van der Waals surface area contributed by atoms with Gasteiger partial charge >= 0.3 is 5.97 Å². The lowest BCUT2D eigenvalue weighted by molar-refractivity contribution is -0.146. The highest BCUT2D eigenvalue weighted by atomic mass is 16.4. The number of rotatable bonds is 4. The minimum absolute atomic E-state index is 0.0644. The smallest absolute Gasteiger partial charge is 0.326 e. The zero-order valence-electron chi connectivity index (χ0n) is 11.9. The number of carbonyl (C=O) groups is 2. The van der Waals surface area contributed by atoms with Crippen LogP contribution in [0.1, 0.15) is 24.5 Å². The maximum atomic E-state index is 12.1. The van der Waals surface area contributed by atoms with Crippen molar-refractivity contribution < 1.29 is 19.8 Å². The molecule has 0 saturated carbocycles. The Bertz CT molecular complexity index is 550. The van der Waals surface area contributed by atoms with Crippen molar-refractivity contribution in [2.75, 3.05) is 6.54 Å². The third-order valence-corrected chi connectivity index (χ3v) is 3.65. The van der Waals surface area contributed by atoms with Crippen LogP contribution in [0.15, 0.2) is 30.3 Å². The van der Waals surface area contributed by atoms with Gasteiger partial charge in [0.15, 0.2) is 0 Å². The first-order valence-electron chi connectivity index (χ1n) is 6.99. The fraction of sp³-hybridized carbons (Fsp3) is 0.375. The molecule has 1 fully saturated rings. The van der Waals surface area contributed by atoms with Crippen molar-refractivity contribution in [3.63, 3.8) is 0 Å². The molecule has 1 aromatic carbocycles. The van der Waals surface area contributed by atoms with Gasteiger partial charge in [0.05, 0.1) is 6.10 Å². The van der Waals surface area contributed by atoms with E-state index in [9.17, 15) is 14.7 Å². The normalized spacial score (nSPS) is 21.9. The van der Waals surface area contributed by atoms with Crippen molar-refractivity contribution in [3.05, 3.63) is 41.5 Å². The van der Waals surface area contributed by atoms with Gasteiger partial charge in [-0.3, -0.25) is 4.79 Å². The molecule has 1 aliphatic heterocycles. The number of carboxylic acids is 1. The van der Waals surface area contributed by atoms with Gasteiger partial charge in [0.2, 0.25) is 5.91 Å². The number of hydrogen-bond donors (Lipinski definition) is 2. The molecule has 2 N–H and O–H groups in total. The summed E-state index contributed by atoms with van der Waals surface area (Å²) < 4.78 is 0. The molecule has 0 bridgehead atoms. The van der Waals surface area contributed by atoms with Gasteiger partial charge in [0.1, 0.15) is 6.04 Å². The minimum Gasteiger partial charge on any atom is -0.480 e. The van der Waals surface area contributed by atoms with Crippen molar-refractivity contribution >= 4 is 18.0 Å². The number of nitrogens with zero attached hydrogens (tertiary/aromatic N) is 1. The molecule has 0 radical (unpaired) electrons. The summed E-state index contributed by atoms with van der Waals surface area (Å²) >= 11 is 0. The van der Waals surface area contributed by atoms with Gasteiger partial charge in [-0.25, -0.2) is 4.79 Å². The van der Waals surface area contributed by atoms with Crippen LogP contribution in [-0.2, 0) is 16.0 Å². The number of hydrogen-bond acceptors (Lipinski definition) is 3. The van der Waals surface area contributed by atoms with Crippen LogP contribution in [0.3, 0.4) is 0 Å². The Labute approximate surface area is 123 Å². The van der Waals surface area contributed by atoms with Crippen LogP contribution in [-0.4, -0.2) is 45.7 Å². The number of likely N-dealkylation sites (tertiary alicyclic amines) is 1. The van der Waals surface area contributed by atoms with Gasteiger partial charge in [0, 0.05) is 19.0 Å². The standard InChI is InChI=1S/C16H19NO4/c1-2-11-3-5-12(6-4-11)7-8-15(19)17-10-13(18)9-14(17)16(20)21/h3-8,13-14,18H,2,9-10H2,1H3,(H,20,21)/t13-,14-/m0/s1. The van der Waals surface area contributed by atoms with Crippen molar-refractivity contribution in [2.24, 2.45) is 0 Å². The average molecular weight is 289 g/mol. The predicted molar refractivity (Wildman–Crippen MR) is 78.6 cm³/mol. The van der Waals surface area contributed by atoms with E-state index in [-0.39, 0.29) is 13.0 Å². The number of aliphatic hydroxyl groups is 1. The van der Waals surface area contributed by atoms with Crippen molar-refractivity contribution in [1.29, 1.82) is 0 Å². The first kappa shape index (κ1) is 15.3. The second kappa shape index (κ2) is 6.54. The summed E-state index contributed by atoms with van der Waals surface area (Å²) in [7, 11) is 0. The molecule has 1 amide bonds. The summed E-state index contributed by atoms with van der Waals surface area (Å²) in [6, 6.07) is 6.86. The Morgan fingerprint density at radius 1 is 1.33 bits per heavy atom. The van der Waals surface area contributed by atoms with Crippen molar-refractivity contribution in [3.8, 4) is 0 Å². The number of aryl methyl sites for hydroxylation is 1. The molecule has 2 atom stereocenters. The number of benzene rings is 1. The van der Waals surface area contributed by atoms with Gasteiger partial charge in [-0.15, -0.1) is 0 Å². The molecule has 21 heavy (non-hydrogen) atoms. The molecule has 1 saturated heterocycles. The number of aliphatic carboxylic acids is 1. The molecule has 0 aliphatic carbocycles. The largest absolute Gasteiger partial charge is 0.480 e. The van der Waals surface area contributed by atoms with E-state index in [0.29, 0.717) is 0 Å².